The van der Waals surface area contributed by atoms with Gasteiger partial charge in [-0.15, -0.1) is 11.3 Å². The summed E-state index contributed by atoms with van der Waals surface area (Å²) >= 11 is 1.35. The molecule has 1 unspecified atom stereocenters. The maximum Gasteiger partial charge on any atom is 0.273 e. The quantitative estimate of drug-likeness (QED) is 0.169. The van der Waals surface area contributed by atoms with Crippen molar-refractivity contribution in [1.82, 2.24) is 4.98 Å². The Labute approximate surface area is 247 Å². The Bertz CT molecular complexity index is 1830. The average Bonchev–Trinajstić information content (AvgIpc) is 3.49. The van der Waals surface area contributed by atoms with Gasteiger partial charge in [-0.2, -0.15) is 0 Å². The van der Waals surface area contributed by atoms with Gasteiger partial charge >= 0.3 is 0 Å². The molecule has 3 aliphatic carbocycles. The van der Waals surface area contributed by atoms with Crippen molar-refractivity contribution in [2.45, 2.75) is 31.3 Å². The molecule has 1 aromatic heterocycles. The van der Waals surface area contributed by atoms with E-state index in [4.69, 9.17) is 10.7 Å². The lowest BCUT2D eigenvalue weighted by atomic mass is 9.49. The van der Waals surface area contributed by atoms with Crippen LogP contribution in [0.1, 0.15) is 47.1 Å². The number of rotatable bonds is 6. The van der Waals surface area contributed by atoms with Crippen LogP contribution in [0.4, 0.5) is 5.13 Å². The number of nitrogens with one attached hydrogen (secondary N) is 1. The zero-order valence-corrected chi connectivity index (χ0v) is 23.7. The summed E-state index contributed by atoms with van der Waals surface area (Å²) in [6.45, 7) is 2.33. The van der Waals surface area contributed by atoms with Gasteiger partial charge in [-0.25, -0.2) is 4.98 Å². The van der Waals surface area contributed by atoms with Gasteiger partial charge < -0.3 is 11.1 Å². The molecule has 0 fully saturated rings. The molecule has 2 bridgehead atoms. The monoisotopic (exact) mass is 572 g/mol. The highest BCUT2D eigenvalue weighted by atomic mass is 32.1. The van der Waals surface area contributed by atoms with E-state index in [-0.39, 0.29) is 23.2 Å². The molecule has 7 nitrogen and oxygen atoms in total. The van der Waals surface area contributed by atoms with Crippen LogP contribution in [0.5, 0.6) is 0 Å². The van der Waals surface area contributed by atoms with E-state index in [9.17, 15) is 14.9 Å². The maximum atomic E-state index is 14.1. The molecule has 4 aromatic carbocycles. The van der Waals surface area contributed by atoms with Crippen LogP contribution in [-0.4, -0.2) is 15.8 Å². The second-order valence-electron chi connectivity index (χ2n) is 11.3. The van der Waals surface area contributed by atoms with Gasteiger partial charge in [0.25, 0.3) is 5.54 Å². The van der Waals surface area contributed by atoms with E-state index in [1.54, 1.807) is 0 Å². The number of nitrogens with zero attached hydrogens (tertiary/aromatic N) is 2. The molecular formula is C34H28N4O3S. The third-order valence-corrected chi connectivity index (χ3v) is 9.66. The Morgan fingerprint density at radius 3 is 2.24 bits per heavy atom. The molecule has 3 N–H and O–H groups in total. The van der Waals surface area contributed by atoms with Gasteiger partial charge in [0.05, 0.1) is 11.1 Å². The van der Waals surface area contributed by atoms with E-state index < -0.39 is 11.0 Å². The molecule has 42 heavy (non-hydrogen) atoms. The number of hydrogen-bond donors (Lipinski definition) is 2. The minimum atomic E-state index is -1.50. The fraction of sp³-hybridized carbons (Fsp3) is 0.176. The second kappa shape index (κ2) is 9.72. The Kier molecular flexibility index (Phi) is 6.07. The minimum Gasteiger partial charge on any atom is -0.326 e. The number of nitro groups is 1. The maximum absolute atomic E-state index is 14.1. The lowest BCUT2D eigenvalue weighted by Crippen LogP contribution is -2.57. The van der Waals surface area contributed by atoms with Crippen LogP contribution in [0, 0.1) is 15.5 Å². The summed E-state index contributed by atoms with van der Waals surface area (Å²) in [6, 6.07) is 31.2. The van der Waals surface area contributed by atoms with E-state index in [1.807, 2.05) is 91.2 Å². The Hall–Kier alpha value is -4.66. The van der Waals surface area contributed by atoms with Gasteiger partial charge in [-0.05, 0) is 46.9 Å². The highest BCUT2D eigenvalue weighted by Gasteiger charge is 2.67. The average molecular weight is 573 g/mol. The first-order valence-electron chi connectivity index (χ1n) is 13.9. The van der Waals surface area contributed by atoms with Crippen molar-refractivity contribution < 1.29 is 9.72 Å². The fourth-order valence-corrected chi connectivity index (χ4v) is 7.70. The highest BCUT2D eigenvalue weighted by Crippen LogP contribution is 2.64. The molecule has 0 aliphatic heterocycles. The lowest BCUT2D eigenvalue weighted by molar-refractivity contribution is -0.573. The molecule has 0 radical (unpaired) electrons. The molecule has 5 aromatic rings. The third kappa shape index (κ3) is 3.83. The Morgan fingerprint density at radius 2 is 1.57 bits per heavy atom. The highest BCUT2D eigenvalue weighted by molar-refractivity contribution is 7.14. The number of hydrogen-bond acceptors (Lipinski definition) is 6. The lowest BCUT2D eigenvalue weighted by Gasteiger charge is -2.52. The van der Waals surface area contributed by atoms with E-state index in [0.717, 1.165) is 39.1 Å². The number of thiazole rings is 1. The molecule has 1 amide bonds. The first-order valence-corrected chi connectivity index (χ1v) is 14.7. The number of nitrogens with two attached hydrogens (primary N) is 1. The van der Waals surface area contributed by atoms with Crippen LogP contribution >= 0.6 is 11.3 Å². The topological polar surface area (TPSA) is 111 Å². The number of carbonyl (C=O) groups excluding carboxylic acids is 1. The summed E-state index contributed by atoms with van der Waals surface area (Å²) in [4.78, 5) is 31.6. The first kappa shape index (κ1) is 26.3. The van der Waals surface area contributed by atoms with E-state index in [1.165, 1.54) is 11.3 Å². The molecule has 208 valence electrons. The smallest absolute Gasteiger partial charge is 0.273 e. The number of amides is 1. The zero-order chi connectivity index (χ0) is 29.1. The summed E-state index contributed by atoms with van der Waals surface area (Å²) in [5.41, 5.74) is 11.2. The first-order chi connectivity index (χ1) is 20.3. The number of aromatic nitrogens is 1. The standard InChI is InChI=1S/C34H28N4O3S/c1-33(20-34(38(40)41)27-14-4-2-12-25(27)30(33)26-13-3-5-15-28(26)34)31(39)37-32-36-29(19-42-32)24-11-7-10-23(17-24)22-9-6-8-21(16-22)18-35/h2-17,19,30H,18,20,35H2,1H3,(H,36,37,39). The number of carbonyl (C=O) groups is 1. The van der Waals surface area contributed by atoms with Crippen molar-refractivity contribution >= 4 is 22.4 Å². The van der Waals surface area contributed by atoms with Crippen molar-refractivity contribution in [2.24, 2.45) is 11.1 Å². The number of benzene rings is 4. The van der Waals surface area contributed by atoms with E-state index >= 15 is 0 Å². The van der Waals surface area contributed by atoms with E-state index in [0.29, 0.717) is 22.8 Å². The van der Waals surface area contributed by atoms with Crippen molar-refractivity contribution in [3.05, 3.63) is 140 Å². The van der Waals surface area contributed by atoms with Crippen LogP contribution in [-0.2, 0) is 16.9 Å². The molecule has 1 atom stereocenters. The molecular weight excluding hydrogens is 544 g/mol. The molecule has 1 heterocycles. The normalized spacial score (nSPS) is 21.8. The predicted molar refractivity (Wildman–Crippen MR) is 165 cm³/mol. The molecule has 8 rings (SSSR count). The molecule has 0 saturated carbocycles. The SMILES string of the molecule is CC1(C(=O)Nc2nc(-c3cccc(-c4cccc(CN)c4)c3)cs2)CC2([N+](=O)[O-])c3ccccc3C1c1ccccc12. The summed E-state index contributed by atoms with van der Waals surface area (Å²) in [7, 11) is 0. The second-order valence-corrected chi connectivity index (χ2v) is 12.2. The Balaban J connectivity index is 1.22. The summed E-state index contributed by atoms with van der Waals surface area (Å²) in [5, 5.41) is 18.3. The third-order valence-electron chi connectivity index (χ3n) is 8.90. The van der Waals surface area contributed by atoms with Crippen LogP contribution in [0.15, 0.2) is 102 Å². The summed E-state index contributed by atoms with van der Waals surface area (Å²) in [5.74, 6) is -0.580. The van der Waals surface area contributed by atoms with Gasteiger partial charge in [0.2, 0.25) is 5.91 Å². The van der Waals surface area contributed by atoms with Crippen molar-refractivity contribution in [3.8, 4) is 22.4 Å². The number of fused-ring (bicyclic) bond motifs is 1. The van der Waals surface area contributed by atoms with Gasteiger partial charge in [-0.1, -0.05) is 84.9 Å². The Morgan fingerprint density at radius 1 is 0.952 bits per heavy atom. The molecule has 0 saturated heterocycles. The zero-order valence-electron chi connectivity index (χ0n) is 22.9. The van der Waals surface area contributed by atoms with Crippen molar-refractivity contribution in [2.75, 3.05) is 5.32 Å². The molecule has 0 spiro atoms. The largest absolute Gasteiger partial charge is 0.326 e. The van der Waals surface area contributed by atoms with Gasteiger partial charge in [0.15, 0.2) is 5.13 Å². The van der Waals surface area contributed by atoms with Crippen molar-refractivity contribution in [3.63, 3.8) is 0 Å². The predicted octanol–water partition coefficient (Wildman–Crippen LogP) is 6.95. The molecule has 3 aliphatic rings. The summed E-state index contributed by atoms with van der Waals surface area (Å²) < 4.78 is 0. The fourth-order valence-electron chi connectivity index (χ4n) is 6.99. The van der Waals surface area contributed by atoms with Crippen LogP contribution in [0.25, 0.3) is 22.4 Å². The van der Waals surface area contributed by atoms with Gasteiger partial charge in [-0.3, -0.25) is 14.9 Å². The van der Waals surface area contributed by atoms with Crippen LogP contribution in [0.2, 0.25) is 0 Å². The van der Waals surface area contributed by atoms with Crippen LogP contribution < -0.4 is 11.1 Å². The van der Waals surface area contributed by atoms with Gasteiger partial charge in [0, 0.05) is 45.9 Å². The molecule has 8 heteroatoms. The number of anilines is 1. The van der Waals surface area contributed by atoms with Gasteiger partial charge in [0.1, 0.15) is 0 Å². The summed E-state index contributed by atoms with van der Waals surface area (Å²) in [6.07, 6.45) is 0.0691. The van der Waals surface area contributed by atoms with Crippen molar-refractivity contribution in [1.29, 1.82) is 0 Å². The van der Waals surface area contributed by atoms with E-state index in [2.05, 4.69) is 23.5 Å². The minimum absolute atomic E-state index is 0.0691. The van der Waals surface area contributed by atoms with Crippen LogP contribution in [0.3, 0.4) is 0 Å².